The van der Waals surface area contributed by atoms with Crippen LogP contribution in [0.4, 0.5) is 0 Å². The normalized spacial score (nSPS) is 25.5. The molecular weight excluding hydrogens is 194 g/mol. The van der Waals surface area contributed by atoms with Gasteiger partial charge in [0.15, 0.2) is 0 Å². The molecule has 3 rings (SSSR count). The largest absolute Gasteiger partial charge is 0.293 e. The van der Waals surface area contributed by atoms with Gasteiger partial charge in [-0.3, -0.25) is 4.90 Å². The summed E-state index contributed by atoms with van der Waals surface area (Å²) < 4.78 is 0. The molecular formula is C15H21N. The van der Waals surface area contributed by atoms with Crippen molar-refractivity contribution in [2.45, 2.75) is 51.6 Å². The number of aryl methyl sites for hydroxylation is 1. The Morgan fingerprint density at radius 1 is 1.31 bits per heavy atom. The minimum absolute atomic E-state index is 0.731. The van der Waals surface area contributed by atoms with Crippen LogP contribution in [-0.4, -0.2) is 17.5 Å². The number of rotatable bonds is 2. The molecule has 1 heteroatoms. The summed E-state index contributed by atoms with van der Waals surface area (Å²) in [5.41, 5.74) is 4.93. The van der Waals surface area contributed by atoms with Crippen LogP contribution in [0.1, 0.15) is 49.4 Å². The monoisotopic (exact) mass is 215 g/mol. The Balaban J connectivity index is 1.99. The molecule has 1 aromatic carbocycles. The first-order valence-electron chi connectivity index (χ1n) is 6.67. The van der Waals surface area contributed by atoms with Gasteiger partial charge in [0.05, 0.1) is 0 Å². The van der Waals surface area contributed by atoms with Crippen LogP contribution in [-0.2, 0) is 12.8 Å². The maximum atomic E-state index is 2.73. The molecule has 0 N–H and O–H groups in total. The van der Waals surface area contributed by atoms with E-state index in [0.29, 0.717) is 0 Å². The average molecular weight is 215 g/mol. The zero-order valence-electron chi connectivity index (χ0n) is 10.4. The topological polar surface area (TPSA) is 3.24 Å². The van der Waals surface area contributed by atoms with Gasteiger partial charge in [-0.05, 0) is 49.3 Å². The van der Waals surface area contributed by atoms with E-state index >= 15 is 0 Å². The van der Waals surface area contributed by atoms with Crippen molar-refractivity contribution in [3.8, 4) is 0 Å². The van der Waals surface area contributed by atoms with E-state index in [1.807, 2.05) is 0 Å². The second-order valence-electron chi connectivity index (χ2n) is 5.29. The molecule has 0 fully saturated rings. The molecule has 0 saturated carbocycles. The molecule has 86 valence electrons. The summed E-state index contributed by atoms with van der Waals surface area (Å²) in [4.78, 5) is 2.73. The molecule has 0 radical (unpaired) electrons. The second-order valence-corrected chi connectivity index (χ2v) is 5.29. The molecule has 0 aromatic heterocycles. The first-order chi connectivity index (χ1) is 7.81. The van der Waals surface area contributed by atoms with Crippen molar-refractivity contribution >= 4 is 0 Å². The first kappa shape index (κ1) is 10.3. The summed E-state index contributed by atoms with van der Waals surface area (Å²) >= 11 is 0. The fourth-order valence-electron chi connectivity index (χ4n) is 3.47. The van der Waals surface area contributed by atoms with E-state index in [9.17, 15) is 0 Å². The summed E-state index contributed by atoms with van der Waals surface area (Å²) in [7, 11) is 0. The Hall–Kier alpha value is -0.820. The maximum Gasteiger partial charge on any atom is 0.0359 e. The minimum Gasteiger partial charge on any atom is -0.293 e. The van der Waals surface area contributed by atoms with Crippen LogP contribution in [0.25, 0.3) is 0 Å². The standard InChI is InChI=1S/C15H21N/c1-3-11(2)16-10-9-13-6-4-5-12-7-8-14(16)15(12)13/h4-6,11,14H,3,7-10H2,1-2H3. The molecule has 1 nitrogen and oxygen atoms in total. The van der Waals surface area contributed by atoms with Gasteiger partial charge in [0, 0.05) is 18.6 Å². The number of benzene rings is 1. The third-order valence-corrected chi connectivity index (χ3v) is 4.50. The molecule has 1 aliphatic heterocycles. The van der Waals surface area contributed by atoms with E-state index in [4.69, 9.17) is 0 Å². The van der Waals surface area contributed by atoms with Gasteiger partial charge < -0.3 is 0 Å². The number of nitrogens with zero attached hydrogens (tertiary/aromatic N) is 1. The summed E-state index contributed by atoms with van der Waals surface area (Å²) in [5, 5.41) is 0. The first-order valence-corrected chi connectivity index (χ1v) is 6.67. The highest BCUT2D eigenvalue weighted by Gasteiger charge is 2.34. The predicted molar refractivity (Wildman–Crippen MR) is 67.7 cm³/mol. The van der Waals surface area contributed by atoms with Crippen molar-refractivity contribution in [1.29, 1.82) is 0 Å². The fraction of sp³-hybridized carbons (Fsp3) is 0.600. The van der Waals surface area contributed by atoms with E-state index in [0.717, 1.165) is 12.1 Å². The third kappa shape index (κ3) is 1.41. The fourth-order valence-corrected chi connectivity index (χ4v) is 3.47. The van der Waals surface area contributed by atoms with Crippen LogP contribution in [0.3, 0.4) is 0 Å². The molecule has 0 amide bonds. The van der Waals surface area contributed by atoms with Crippen LogP contribution in [0, 0.1) is 0 Å². The van der Waals surface area contributed by atoms with Crippen LogP contribution in [0.5, 0.6) is 0 Å². The van der Waals surface area contributed by atoms with Crippen molar-refractivity contribution in [2.24, 2.45) is 0 Å². The Morgan fingerprint density at radius 2 is 2.06 bits per heavy atom. The molecule has 2 aliphatic rings. The lowest BCUT2D eigenvalue weighted by Gasteiger charge is -2.39. The predicted octanol–water partition coefficient (Wildman–Crippen LogP) is 3.33. The van der Waals surface area contributed by atoms with Gasteiger partial charge in [-0.15, -0.1) is 0 Å². The van der Waals surface area contributed by atoms with E-state index < -0.39 is 0 Å². The maximum absolute atomic E-state index is 2.73. The molecule has 2 unspecified atom stereocenters. The zero-order chi connectivity index (χ0) is 11.1. The molecule has 2 atom stereocenters. The highest BCUT2D eigenvalue weighted by Crippen LogP contribution is 2.42. The summed E-state index contributed by atoms with van der Waals surface area (Å²) in [6, 6.07) is 8.39. The van der Waals surface area contributed by atoms with Crippen molar-refractivity contribution in [3.63, 3.8) is 0 Å². The summed E-state index contributed by atoms with van der Waals surface area (Å²) in [6.07, 6.45) is 5.16. The highest BCUT2D eigenvalue weighted by molar-refractivity contribution is 5.43. The lowest BCUT2D eigenvalue weighted by molar-refractivity contribution is 0.130. The molecule has 1 aliphatic carbocycles. The lowest BCUT2D eigenvalue weighted by atomic mass is 9.92. The van der Waals surface area contributed by atoms with Crippen molar-refractivity contribution in [2.75, 3.05) is 6.54 Å². The summed E-state index contributed by atoms with van der Waals surface area (Å²) in [5.74, 6) is 0. The van der Waals surface area contributed by atoms with Gasteiger partial charge in [-0.2, -0.15) is 0 Å². The van der Waals surface area contributed by atoms with Gasteiger partial charge in [0.1, 0.15) is 0 Å². The molecule has 0 spiro atoms. The van der Waals surface area contributed by atoms with Gasteiger partial charge in [0.2, 0.25) is 0 Å². The van der Waals surface area contributed by atoms with Crippen LogP contribution >= 0.6 is 0 Å². The Bertz CT molecular complexity index is 396. The second kappa shape index (κ2) is 3.89. The van der Waals surface area contributed by atoms with E-state index in [2.05, 4.69) is 36.9 Å². The molecule has 1 heterocycles. The highest BCUT2D eigenvalue weighted by atomic mass is 15.2. The SMILES string of the molecule is CCC(C)N1CCc2cccc3c2C1CC3. The molecule has 16 heavy (non-hydrogen) atoms. The quantitative estimate of drug-likeness (QED) is 0.731. The Labute approximate surface area is 98.5 Å². The van der Waals surface area contributed by atoms with Crippen LogP contribution in [0.15, 0.2) is 18.2 Å². The Morgan fingerprint density at radius 3 is 2.81 bits per heavy atom. The van der Waals surface area contributed by atoms with Crippen molar-refractivity contribution in [3.05, 3.63) is 34.9 Å². The van der Waals surface area contributed by atoms with Crippen LogP contribution in [0.2, 0.25) is 0 Å². The van der Waals surface area contributed by atoms with E-state index in [1.165, 1.54) is 32.2 Å². The van der Waals surface area contributed by atoms with E-state index in [-0.39, 0.29) is 0 Å². The number of hydrogen-bond acceptors (Lipinski definition) is 1. The Kier molecular flexibility index (Phi) is 2.51. The molecule has 1 aromatic rings. The average Bonchev–Trinajstić information content (AvgIpc) is 2.75. The lowest BCUT2D eigenvalue weighted by Crippen LogP contribution is -2.40. The third-order valence-electron chi connectivity index (χ3n) is 4.50. The molecule has 0 bridgehead atoms. The van der Waals surface area contributed by atoms with Crippen LogP contribution < -0.4 is 0 Å². The van der Waals surface area contributed by atoms with Gasteiger partial charge >= 0.3 is 0 Å². The minimum atomic E-state index is 0.731. The summed E-state index contributed by atoms with van der Waals surface area (Å²) in [6.45, 7) is 5.95. The van der Waals surface area contributed by atoms with Gasteiger partial charge in [-0.25, -0.2) is 0 Å². The smallest absolute Gasteiger partial charge is 0.0359 e. The van der Waals surface area contributed by atoms with Gasteiger partial charge in [0.25, 0.3) is 0 Å². The van der Waals surface area contributed by atoms with Crippen molar-refractivity contribution < 1.29 is 0 Å². The molecule has 0 saturated heterocycles. The zero-order valence-corrected chi connectivity index (χ0v) is 10.4. The number of hydrogen-bond donors (Lipinski definition) is 0. The van der Waals surface area contributed by atoms with E-state index in [1.54, 1.807) is 16.7 Å². The van der Waals surface area contributed by atoms with Gasteiger partial charge in [-0.1, -0.05) is 25.1 Å². The van der Waals surface area contributed by atoms with Crippen molar-refractivity contribution in [1.82, 2.24) is 4.90 Å².